The van der Waals surface area contributed by atoms with Gasteiger partial charge in [0.15, 0.2) is 0 Å². The molecule has 2 heterocycles. The molecule has 0 saturated heterocycles. The first-order chi connectivity index (χ1) is 17.3. The zero-order valence-corrected chi connectivity index (χ0v) is 19.5. The second-order valence-electron chi connectivity index (χ2n) is 8.53. The fourth-order valence-electron chi connectivity index (χ4n) is 4.62. The molecule has 0 unspecified atom stereocenters. The van der Waals surface area contributed by atoms with Crippen LogP contribution in [0.1, 0.15) is 5.56 Å². The molecular formula is C31H25N3O. The Morgan fingerprint density at radius 3 is 1.89 bits per heavy atom. The molecule has 35 heavy (non-hydrogen) atoms. The Bertz CT molecular complexity index is 1570. The molecule has 0 amide bonds. The molecule has 0 aliphatic heterocycles. The van der Waals surface area contributed by atoms with E-state index in [9.17, 15) is 0 Å². The predicted molar refractivity (Wildman–Crippen MR) is 142 cm³/mol. The number of ether oxygens (including phenoxy) is 1. The van der Waals surface area contributed by atoms with E-state index in [-0.39, 0.29) is 0 Å². The van der Waals surface area contributed by atoms with Gasteiger partial charge in [-0.3, -0.25) is 4.40 Å². The van der Waals surface area contributed by atoms with Crippen LogP contribution in [0.5, 0.6) is 5.75 Å². The van der Waals surface area contributed by atoms with Crippen molar-refractivity contribution < 1.29 is 4.74 Å². The summed E-state index contributed by atoms with van der Waals surface area (Å²) < 4.78 is 9.93. The monoisotopic (exact) mass is 455 g/mol. The lowest BCUT2D eigenvalue weighted by atomic mass is 10.0. The summed E-state index contributed by atoms with van der Waals surface area (Å²) in [4.78, 5) is 5.24. The van der Waals surface area contributed by atoms with Crippen LogP contribution in [-0.2, 0) is 6.54 Å². The molecule has 170 valence electrons. The van der Waals surface area contributed by atoms with Gasteiger partial charge in [0, 0.05) is 22.9 Å². The number of benzene rings is 4. The van der Waals surface area contributed by atoms with Crippen LogP contribution in [0, 0.1) is 0 Å². The smallest absolute Gasteiger partial charge is 0.215 e. The lowest BCUT2D eigenvalue weighted by molar-refractivity contribution is 0.415. The number of aromatic nitrogens is 3. The lowest BCUT2D eigenvalue weighted by Crippen LogP contribution is -2.02. The Balaban J connectivity index is 1.63. The highest BCUT2D eigenvalue weighted by Gasteiger charge is 2.21. The van der Waals surface area contributed by atoms with Crippen LogP contribution in [0.3, 0.4) is 0 Å². The standard InChI is InChI=1S/C31H25N3O/c1-35-27-19-17-24(18-20-27)28-22-34-30(26-15-9-4-10-16-26)29(25-13-7-3-8-14-25)32-31(34)33(28)21-23-11-5-2-6-12-23/h2-20,22H,21H2,1H3. The first-order valence-corrected chi connectivity index (χ1v) is 11.7. The van der Waals surface area contributed by atoms with E-state index in [1.54, 1.807) is 7.11 Å². The van der Waals surface area contributed by atoms with Crippen molar-refractivity contribution in [2.24, 2.45) is 0 Å². The highest BCUT2D eigenvalue weighted by molar-refractivity contribution is 5.82. The zero-order valence-electron chi connectivity index (χ0n) is 19.5. The average Bonchev–Trinajstić information content (AvgIpc) is 3.47. The van der Waals surface area contributed by atoms with Gasteiger partial charge in [0.1, 0.15) is 5.75 Å². The van der Waals surface area contributed by atoms with Crippen LogP contribution in [0.15, 0.2) is 121 Å². The van der Waals surface area contributed by atoms with E-state index in [1.807, 2.05) is 24.3 Å². The van der Waals surface area contributed by atoms with Gasteiger partial charge in [0.25, 0.3) is 0 Å². The van der Waals surface area contributed by atoms with E-state index in [2.05, 4.69) is 106 Å². The van der Waals surface area contributed by atoms with Crippen LogP contribution in [-0.4, -0.2) is 21.1 Å². The maximum Gasteiger partial charge on any atom is 0.215 e. The average molecular weight is 456 g/mol. The summed E-state index contributed by atoms with van der Waals surface area (Å²) in [5, 5.41) is 0. The fourth-order valence-corrected chi connectivity index (χ4v) is 4.62. The Morgan fingerprint density at radius 1 is 0.657 bits per heavy atom. The molecule has 6 rings (SSSR count). The number of fused-ring (bicyclic) bond motifs is 1. The number of rotatable bonds is 6. The highest BCUT2D eigenvalue weighted by atomic mass is 16.5. The van der Waals surface area contributed by atoms with E-state index < -0.39 is 0 Å². The van der Waals surface area contributed by atoms with Crippen molar-refractivity contribution >= 4 is 5.78 Å². The molecule has 0 aliphatic carbocycles. The van der Waals surface area contributed by atoms with Gasteiger partial charge in [-0.05, 0) is 29.8 Å². The van der Waals surface area contributed by atoms with Crippen molar-refractivity contribution in [3.05, 3.63) is 127 Å². The van der Waals surface area contributed by atoms with E-state index >= 15 is 0 Å². The third-order valence-corrected chi connectivity index (χ3v) is 6.34. The number of hydrogen-bond acceptors (Lipinski definition) is 2. The van der Waals surface area contributed by atoms with Crippen LogP contribution in [0.4, 0.5) is 0 Å². The summed E-state index contributed by atoms with van der Waals surface area (Å²) in [6.45, 7) is 0.720. The Kier molecular flexibility index (Phi) is 5.39. The van der Waals surface area contributed by atoms with Crippen molar-refractivity contribution in [1.82, 2.24) is 14.0 Å². The topological polar surface area (TPSA) is 31.5 Å². The molecule has 4 aromatic carbocycles. The molecule has 0 spiro atoms. The molecular weight excluding hydrogens is 430 g/mol. The van der Waals surface area contributed by atoms with Gasteiger partial charge in [-0.2, -0.15) is 0 Å². The summed E-state index contributed by atoms with van der Waals surface area (Å²) in [6.07, 6.45) is 2.21. The van der Waals surface area contributed by atoms with Crippen molar-refractivity contribution in [3.8, 4) is 39.5 Å². The molecule has 0 saturated carbocycles. The van der Waals surface area contributed by atoms with Gasteiger partial charge >= 0.3 is 0 Å². The fraction of sp³-hybridized carbons (Fsp3) is 0.0645. The molecule has 0 radical (unpaired) electrons. The molecule has 4 nitrogen and oxygen atoms in total. The summed E-state index contributed by atoms with van der Waals surface area (Å²) in [5.41, 5.74) is 7.77. The molecule has 0 aliphatic rings. The Morgan fingerprint density at radius 2 is 1.26 bits per heavy atom. The Hall–Kier alpha value is -4.57. The summed E-state index contributed by atoms with van der Waals surface area (Å²) in [6, 6.07) is 39.7. The van der Waals surface area contributed by atoms with Crippen LogP contribution < -0.4 is 4.74 Å². The number of imidazole rings is 2. The van der Waals surface area contributed by atoms with Crippen molar-refractivity contribution in [2.75, 3.05) is 7.11 Å². The van der Waals surface area contributed by atoms with E-state index in [4.69, 9.17) is 9.72 Å². The molecule has 6 aromatic rings. The molecule has 0 N–H and O–H groups in total. The maximum atomic E-state index is 5.39. The highest BCUT2D eigenvalue weighted by Crippen LogP contribution is 2.36. The van der Waals surface area contributed by atoms with Crippen LogP contribution in [0.2, 0.25) is 0 Å². The predicted octanol–water partition coefficient (Wildman–Crippen LogP) is 7.19. The largest absolute Gasteiger partial charge is 0.497 e. The van der Waals surface area contributed by atoms with Gasteiger partial charge in [-0.15, -0.1) is 0 Å². The van der Waals surface area contributed by atoms with Gasteiger partial charge in [-0.1, -0.05) is 91.0 Å². The summed E-state index contributed by atoms with van der Waals surface area (Å²) in [5.74, 6) is 1.76. The van der Waals surface area contributed by atoms with Gasteiger partial charge in [0.2, 0.25) is 5.78 Å². The van der Waals surface area contributed by atoms with Gasteiger partial charge in [-0.25, -0.2) is 4.98 Å². The number of methoxy groups -OCH3 is 1. The summed E-state index contributed by atoms with van der Waals surface area (Å²) >= 11 is 0. The molecule has 0 bridgehead atoms. The minimum absolute atomic E-state index is 0.720. The summed E-state index contributed by atoms with van der Waals surface area (Å²) in [7, 11) is 1.69. The van der Waals surface area contributed by atoms with Gasteiger partial charge in [0.05, 0.1) is 30.7 Å². The van der Waals surface area contributed by atoms with E-state index in [1.165, 1.54) is 5.56 Å². The second-order valence-corrected chi connectivity index (χ2v) is 8.53. The first-order valence-electron chi connectivity index (χ1n) is 11.7. The van der Waals surface area contributed by atoms with Crippen molar-refractivity contribution in [2.45, 2.75) is 6.54 Å². The third kappa shape index (κ3) is 3.89. The molecule has 0 atom stereocenters. The normalized spacial score (nSPS) is 11.1. The van der Waals surface area contributed by atoms with Crippen LogP contribution >= 0.6 is 0 Å². The zero-order chi connectivity index (χ0) is 23.6. The maximum absolute atomic E-state index is 5.39. The molecule has 2 aromatic heterocycles. The second kappa shape index (κ2) is 8.99. The number of hydrogen-bond donors (Lipinski definition) is 0. The first kappa shape index (κ1) is 21.0. The minimum atomic E-state index is 0.720. The minimum Gasteiger partial charge on any atom is -0.497 e. The molecule has 4 heteroatoms. The SMILES string of the molecule is COc1ccc(-c2cn3c(-c4ccccc4)c(-c4ccccc4)nc3n2Cc2ccccc2)cc1. The molecule has 0 fully saturated rings. The van der Waals surface area contributed by atoms with Crippen molar-refractivity contribution in [3.63, 3.8) is 0 Å². The lowest BCUT2D eigenvalue weighted by Gasteiger charge is -2.10. The quantitative estimate of drug-likeness (QED) is 0.266. The Labute approximate surface area is 204 Å². The van der Waals surface area contributed by atoms with Crippen molar-refractivity contribution in [1.29, 1.82) is 0 Å². The van der Waals surface area contributed by atoms with E-state index in [0.717, 1.165) is 51.8 Å². The third-order valence-electron chi connectivity index (χ3n) is 6.34. The van der Waals surface area contributed by atoms with Crippen LogP contribution in [0.25, 0.3) is 39.5 Å². The van der Waals surface area contributed by atoms with E-state index in [0.29, 0.717) is 0 Å². The number of nitrogens with zero attached hydrogens (tertiary/aromatic N) is 3. The van der Waals surface area contributed by atoms with Gasteiger partial charge < -0.3 is 9.30 Å².